The van der Waals surface area contributed by atoms with Gasteiger partial charge in [0.2, 0.25) is 0 Å². The topological polar surface area (TPSA) is 69.9 Å². The van der Waals surface area contributed by atoms with Crippen LogP contribution in [0.5, 0.6) is 0 Å². The summed E-state index contributed by atoms with van der Waals surface area (Å²) in [4.78, 5) is 0. The van der Waals surface area contributed by atoms with E-state index in [1.54, 1.807) is 12.1 Å². The molecule has 1 atom stereocenters. The van der Waals surface area contributed by atoms with Crippen molar-refractivity contribution >= 4 is 11.6 Å². The number of halogens is 1. The lowest BCUT2D eigenvalue weighted by atomic mass is 10.1. The Bertz CT molecular complexity index is 519. The van der Waals surface area contributed by atoms with Gasteiger partial charge in [0.1, 0.15) is 5.82 Å². The summed E-state index contributed by atoms with van der Waals surface area (Å²) in [5.74, 6) is 2.17. The summed E-state index contributed by atoms with van der Waals surface area (Å²) < 4.78 is 7.33. The molecule has 0 saturated heterocycles. The minimum Gasteiger partial charge on any atom is -0.441 e. The highest BCUT2D eigenvalue weighted by Crippen LogP contribution is 2.28. The number of nitrogens with zero attached hydrogens (tertiary/aromatic N) is 3. The van der Waals surface area contributed by atoms with Crippen LogP contribution in [0.1, 0.15) is 24.7 Å². The van der Waals surface area contributed by atoms with Crippen LogP contribution in [0, 0.1) is 0 Å². The zero-order valence-electron chi connectivity index (χ0n) is 8.56. The molecule has 1 aliphatic heterocycles. The van der Waals surface area contributed by atoms with Crippen molar-refractivity contribution in [1.82, 2.24) is 14.8 Å². The van der Waals surface area contributed by atoms with Gasteiger partial charge in [-0.25, -0.2) is 0 Å². The largest absolute Gasteiger partial charge is 0.441 e. The highest BCUT2D eigenvalue weighted by molar-refractivity contribution is 6.28. The lowest BCUT2D eigenvalue weighted by Gasteiger charge is -2.19. The van der Waals surface area contributed by atoms with Crippen LogP contribution in [0.4, 0.5) is 0 Å². The molecule has 5 nitrogen and oxygen atoms in total. The first-order chi connectivity index (χ1) is 7.75. The maximum atomic E-state index is 5.96. The molecule has 2 aromatic heterocycles. The number of furan rings is 1. The summed E-state index contributed by atoms with van der Waals surface area (Å²) in [6.45, 7) is 0.879. The Hall–Kier alpha value is -1.33. The molecule has 1 aliphatic rings. The third-order valence-corrected chi connectivity index (χ3v) is 3.00. The minimum atomic E-state index is -0.0274. The maximum Gasteiger partial charge on any atom is 0.199 e. The molecule has 0 spiro atoms. The Kier molecular flexibility index (Phi) is 2.22. The van der Waals surface area contributed by atoms with E-state index in [-0.39, 0.29) is 6.04 Å². The van der Waals surface area contributed by atoms with Crippen LogP contribution < -0.4 is 5.73 Å². The van der Waals surface area contributed by atoms with Gasteiger partial charge in [-0.15, -0.1) is 10.2 Å². The zero-order chi connectivity index (χ0) is 11.1. The van der Waals surface area contributed by atoms with Crippen LogP contribution in [0.15, 0.2) is 16.5 Å². The SMILES string of the molecule is NC1CCCn2c(-c3ccc(Cl)o3)nnc21. The van der Waals surface area contributed by atoms with Gasteiger partial charge in [0.05, 0.1) is 6.04 Å². The molecule has 6 heteroatoms. The second-order valence-corrected chi connectivity index (χ2v) is 4.26. The molecule has 0 fully saturated rings. The number of hydrogen-bond acceptors (Lipinski definition) is 4. The summed E-state index contributed by atoms with van der Waals surface area (Å²) in [6.07, 6.45) is 1.99. The highest BCUT2D eigenvalue weighted by Gasteiger charge is 2.24. The molecule has 2 N–H and O–H groups in total. The Labute approximate surface area is 97.2 Å². The number of aromatic nitrogens is 3. The lowest BCUT2D eigenvalue weighted by molar-refractivity contribution is 0.450. The molecule has 0 amide bonds. The van der Waals surface area contributed by atoms with Crippen LogP contribution in [-0.4, -0.2) is 14.8 Å². The normalized spacial score (nSPS) is 19.8. The Morgan fingerprint density at radius 1 is 1.44 bits per heavy atom. The van der Waals surface area contributed by atoms with Crippen molar-refractivity contribution in [2.75, 3.05) is 0 Å². The molecule has 2 aromatic rings. The fraction of sp³-hybridized carbons (Fsp3) is 0.400. The molecule has 3 rings (SSSR count). The average Bonchev–Trinajstić information content (AvgIpc) is 2.84. The highest BCUT2D eigenvalue weighted by atomic mass is 35.5. The molecular formula is C10H11ClN4O. The van der Waals surface area contributed by atoms with Crippen LogP contribution >= 0.6 is 11.6 Å². The quantitative estimate of drug-likeness (QED) is 0.825. The Morgan fingerprint density at radius 3 is 3.06 bits per heavy atom. The van der Waals surface area contributed by atoms with Crippen molar-refractivity contribution in [3.63, 3.8) is 0 Å². The van der Waals surface area contributed by atoms with Crippen LogP contribution in [0.2, 0.25) is 5.22 Å². The smallest absolute Gasteiger partial charge is 0.199 e. The third-order valence-electron chi connectivity index (χ3n) is 2.80. The maximum absolute atomic E-state index is 5.96. The Morgan fingerprint density at radius 2 is 2.31 bits per heavy atom. The van der Waals surface area contributed by atoms with Gasteiger partial charge >= 0.3 is 0 Å². The van der Waals surface area contributed by atoms with Crippen LogP contribution in [0.3, 0.4) is 0 Å². The number of rotatable bonds is 1. The van der Waals surface area contributed by atoms with Gasteiger partial charge in [-0.1, -0.05) is 0 Å². The fourth-order valence-electron chi connectivity index (χ4n) is 2.03. The summed E-state index contributed by atoms with van der Waals surface area (Å²) in [7, 11) is 0. The average molecular weight is 239 g/mol. The molecule has 84 valence electrons. The van der Waals surface area contributed by atoms with E-state index in [1.807, 2.05) is 4.57 Å². The molecule has 1 unspecified atom stereocenters. The number of hydrogen-bond donors (Lipinski definition) is 1. The van der Waals surface area contributed by atoms with Gasteiger partial charge in [-0.2, -0.15) is 0 Å². The van der Waals surface area contributed by atoms with Crippen molar-refractivity contribution < 1.29 is 4.42 Å². The monoisotopic (exact) mass is 238 g/mol. The number of fused-ring (bicyclic) bond motifs is 1. The Balaban J connectivity index is 2.09. The van der Waals surface area contributed by atoms with E-state index in [0.29, 0.717) is 16.8 Å². The predicted molar refractivity (Wildman–Crippen MR) is 58.9 cm³/mol. The van der Waals surface area contributed by atoms with Gasteiger partial charge in [-0.05, 0) is 36.6 Å². The van der Waals surface area contributed by atoms with Crippen LogP contribution in [-0.2, 0) is 6.54 Å². The van der Waals surface area contributed by atoms with Crippen molar-refractivity contribution in [3.8, 4) is 11.6 Å². The lowest BCUT2D eigenvalue weighted by Crippen LogP contribution is -2.22. The van der Waals surface area contributed by atoms with Crippen molar-refractivity contribution in [3.05, 3.63) is 23.2 Å². The molecule has 0 bridgehead atoms. The first-order valence-electron chi connectivity index (χ1n) is 5.20. The third kappa shape index (κ3) is 1.44. The van der Waals surface area contributed by atoms with Gasteiger partial charge < -0.3 is 14.7 Å². The van der Waals surface area contributed by atoms with E-state index < -0.39 is 0 Å². The molecule has 0 aromatic carbocycles. The predicted octanol–water partition coefficient (Wildman–Crippen LogP) is 1.99. The summed E-state index contributed by atoms with van der Waals surface area (Å²) >= 11 is 5.74. The van der Waals surface area contributed by atoms with E-state index in [9.17, 15) is 0 Å². The molecule has 0 radical (unpaired) electrons. The van der Waals surface area contributed by atoms with Crippen molar-refractivity contribution in [1.29, 1.82) is 0 Å². The molecule has 3 heterocycles. The summed E-state index contributed by atoms with van der Waals surface area (Å²) in [6, 6.07) is 3.46. The van der Waals surface area contributed by atoms with E-state index in [2.05, 4.69) is 10.2 Å². The molecular weight excluding hydrogens is 228 g/mol. The van der Waals surface area contributed by atoms with Gasteiger partial charge in [0, 0.05) is 6.54 Å². The molecule has 16 heavy (non-hydrogen) atoms. The van der Waals surface area contributed by atoms with E-state index in [4.69, 9.17) is 21.8 Å². The summed E-state index contributed by atoms with van der Waals surface area (Å²) in [5.41, 5.74) is 5.96. The second-order valence-electron chi connectivity index (χ2n) is 3.89. The van der Waals surface area contributed by atoms with E-state index >= 15 is 0 Å². The van der Waals surface area contributed by atoms with Gasteiger partial charge in [0.25, 0.3) is 0 Å². The zero-order valence-corrected chi connectivity index (χ0v) is 9.31. The first kappa shape index (κ1) is 9.86. The second kappa shape index (κ2) is 3.61. The van der Waals surface area contributed by atoms with Crippen molar-refractivity contribution in [2.24, 2.45) is 5.73 Å². The van der Waals surface area contributed by atoms with Crippen molar-refractivity contribution in [2.45, 2.75) is 25.4 Å². The molecule has 0 aliphatic carbocycles. The first-order valence-corrected chi connectivity index (χ1v) is 5.58. The fourth-order valence-corrected chi connectivity index (χ4v) is 2.17. The minimum absolute atomic E-state index is 0.0274. The van der Waals surface area contributed by atoms with E-state index in [0.717, 1.165) is 25.2 Å². The number of nitrogens with two attached hydrogens (primary N) is 1. The molecule has 0 saturated carbocycles. The van der Waals surface area contributed by atoms with E-state index in [1.165, 1.54) is 0 Å². The van der Waals surface area contributed by atoms with Crippen LogP contribution in [0.25, 0.3) is 11.6 Å². The van der Waals surface area contributed by atoms with Gasteiger partial charge in [-0.3, -0.25) is 0 Å². The standard InChI is InChI=1S/C10H11ClN4O/c11-8-4-3-7(16-8)10-14-13-9-6(12)2-1-5-15(9)10/h3-4,6H,1-2,5,12H2. The van der Waals surface area contributed by atoms with Gasteiger partial charge in [0.15, 0.2) is 16.8 Å². The summed E-state index contributed by atoms with van der Waals surface area (Å²) in [5, 5.41) is 8.57.